The molecule has 2 aromatic rings. The molecule has 3 rings (SSSR count). The highest BCUT2D eigenvalue weighted by atomic mass is 16.5. The molecule has 31 heavy (non-hydrogen) atoms. The maximum atomic E-state index is 12.7. The third-order valence-corrected chi connectivity index (χ3v) is 6.01. The molecule has 0 atom stereocenters. The van der Waals surface area contributed by atoms with Crippen LogP contribution in [0.1, 0.15) is 22.3 Å². The number of hydrogen-bond acceptors (Lipinski definition) is 5. The first-order valence-electron chi connectivity index (χ1n) is 10.9. The summed E-state index contributed by atoms with van der Waals surface area (Å²) in [5, 5.41) is 0. The Morgan fingerprint density at radius 3 is 2.26 bits per heavy atom. The average molecular weight is 426 g/mol. The van der Waals surface area contributed by atoms with E-state index in [0.29, 0.717) is 13.1 Å². The van der Waals surface area contributed by atoms with E-state index in [0.717, 1.165) is 44.2 Å². The number of ether oxygens (including phenoxy) is 2. The Bertz CT molecular complexity index is 892. The zero-order valence-corrected chi connectivity index (χ0v) is 19.5. The van der Waals surface area contributed by atoms with Gasteiger partial charge < -0.3 is 14.4 Å². The zero-order valence-electron chi connectivity index (χ0n) is 19.5. The highest BCUT2D eigenvalue weighted by Gasteiger charge is 2.21. The predicted molar refractivity (Wildman–Crippen MR) is 124 cm³/mol. The van der Waals surface area contributed by atoms with Crippen LogP contribution in [-0.4, -0.2) is 74.6 Å². The van der Waals surface area contributed by atoms with Gasteiger partial charge in [-0.05, 0) is 42.7 Å². The summed E-state index contributed by atoms with van der Waals surface area (Å²) in [4.78, 5) is 19.3. The number of likely N-dealkylation sites (N-methyl/N-ethyl adjacent to an activating group) is 1. The Kier molecular flexibility index (Phi) is 7.93. The van der Waals surface area contributed by atoms with Crippen molar-refractivity contribution in [2.45, 2.75) is 26.9 Å². The van der Waals surface area contributed by atoms with Crippen molar-refractivity contribution in [2.24, 2.45) is 0 Å². The second-order valence-electron chi connectivity index (χ2n) is 8.42. The predicted octanol–water partition coefficient (Wildman–Crippen LogP) is 3.10. The summed E-state index contributed by atoms with van der Waals surface area (Å²) in [5.74, 6) is 1.68. The van der Waals surface area contributed by atoms with E-state index in [9.17, 15) is 4.79 Å². The molecule has 0 bridgehead atoms. The van der Waals surface area contributed by atoms with Gasteiger partial charge in [0.05, 0.1) is 20.8 Å². The van der Waals surface area contributed by atoms with E-state index in [1.807, 2.05) is 24.1 Å². The summed E-state index contributed by atoms with van der Waals surface area (Å²) in [6, 6.07) is 12.5. The van der Waals surface area contributed by atoms with E-state index in [-0.39, 0.29) is 5.91 Å². The Morgan fingerprint density at radius 2 is 1.61 bits per heavy atom. The first-order chi connectivity index (χ1) is 14.9. The quantitative estimate of drug-likeness (QED) is 0.650. The lowest BCUT2D eigenvalue weighted by molar-refractivity contribution is -0.132. The molecule has 0 saturated carbocycles. The fourth-order valence-corrected chi connectivity index (χ4v) is 4.02. The Hall–Kier alpha value is -2.57. The molecule has 0 aromatic heterocycles. The number of benzene rings is 2. The molecule has 6 nitrogen and oxygen atoms in total. The van der Waals surface area contributed by atoms with E-state index in [1.165, 1.54) is 22.3 Å². The normalized spacial score (nSPS) is 15.0. The third-order valence-electron chi connectivity index (χ3n) is 6.01. The highest BCUT2D eigenvalue weighted by Crippen LogP contribution is 2.28. The maximum Gasteiger partial charge on any atom is 0.236 e. The number of methoxy groups -OCH3 is 2. The van der Waals surface area contributed by atoms with Crippen LogP contribution in [0.2, 0.25) is 0 Å². The molecule has 1 heterocycles. The van der Waals surface area contributed by atoms with E-state index in [1.54, 1.807) is 14.2 Å². The smallest absolute Gasteiger partial charge is 0.236 e. The van der Waals surface area contributed by atoms with Crippen LogP contribution in [0.15, 0.2) is 36.4 Å². The number of amides is 1. The first kappa shape index (κ1) is 23.1. The summed E-state index contributed by atoms with van der Waals surface area (Å²) in [5.41, 5.74) is 4.90. The zero-order chi connectivity index (χ0) is 22.4. The van der Waals surface area contributed by atoms with Gasteiger partial charge in [0.15, 0.2) is 11.5 Å². The van der Waals surface area contributed by atoms with Crippen molar-refractivity contribution in [3.63, 3.8) is 0 Å². The first-order valence-corrected chi connectivity index (χ1v) is 10.9. The SMILES string of the molecule is COc1ccc(CN2CCN(CC(=O)N(C)Cc3ccc(C)cc3C)CC2)cc1OC. The molecular weight excluding hydrogens is 390 g/mol. The van der Waals surface area contributed by atoms with Crippen LogP contribution >= 0.6 is 0 Å². The van der Waals surface area contributed by atoms with Gasteiger partial charge in [-0.2, -0.15) is 0 Å². The topological polar surface area (TPSA) is 45.2 Å². The van der Waals surface area contributed by atoms with Gasteiger partial charge in [0.1, 0.15) is 0 Å². The van der Waals surface area contributed by atoms with Gasteiger partial charge in [-0.25, -0.2) is 0 Å². The summed E-state index contributed by atoms with van der Waals surface area (Å²) < 4.78 is 10.7. The molecule has 0 spiro atoms. The van der Waals surface area contributed by atoms with Gasteiger partial charge in [0.25, 0.3) is 0 Å². The monoisotopic (exact) mass is 425 g/mol. The van der Waals surface area contributed by atoms with Crippen LogP contribution in [-0.2, 0) is 17.9 Å². The van der Waals surface area contributed by atoms with Crippen LogP contribution in [0.25, 0.3) is 0 Å². The van der Waals surface area contributed by atoms with E-state index < -0.39 is 0 Å². The van der Waals surface area contributed by atoms with E-state index >= 15 is 0 Å². The summed E-state index contributed by atoms with van der Waals surface area (Å²) >= 11 is 0. The van der Waals surface area contributed by atoms with Crippen molar-refractivity contribution in [1.29, 1.82) is 0 Å². The summed E-state index contributed by atoms with van der Waals surface area (Å²) in [6.45, 7) is 9.90. The minimum absolute atomic E-state index is 0.174. The van der Waals surface area contributed by atoms with Crippen molar-refractivity contribution >= 4 is 5.91 Å². The lowest BCUT2D eigenvalue weighted by Gasteiger charge is -2.35. The molecule has 0 N–H and O–H groups in total. The molecule has 0 aliphatic carbocycles. The van der Waals surface area contributed by atoms with Crippen LogP contribution in [0, 0.1) is 13.8 Å². The molecule has 1 amide bonds. The van der Waals surface area contributed by atoms with Crippen LogP contribution in [0.3, 0.4) is 0 Å². The van der Waals surface area contributed by atoms with Crippen molar-refractivity contribution in [1.82, 2.24) is 14.7 Å². The maximum absolute atomic E-state index is 12.7. The highest BCUT2D eigenvalue weighted by molar-refractivity contribution is 5.78. The summed E-state index contributed by atoms with van der Waals surface area (Å²) in [7, 11) is 5.21. The minimum atomic E-state index is 0.174. The molecule has 2 aromatic carbocycles. The molecule has 0 unspecified atom stereocenters. The molecule has 1 aliphatic rings. The number of piperazine rings is 1. The molecule has 0 radical (unpaired) electrons. The minimum Gasteiger partial charge on any atom is -0.493 e. The van der Waals surface area contributed by atoms with Gasteiger partial charge in [0, 0.05) is 46.3 Å². The van der Waals surface area contributed by atoms with Crippen molar-refractivity contribution in [3.05, 3.63) is 58.7 Å². The van der Waals surface area contributed by atoms with Gasteiger partial charge in [0.2, 0.25) is 5.91 Å². The standard InChI is InChI=1S/C25H35N3O3/c1-19-6-8-22(20(2)14-19)17-26(3)25(29)18-28-12-10-27(11-13-28)16-21-7-9-23(30-4)24(15-21)31-5/h6-9,14-15H,10-13,16-18H2,1-5H3. The number of carbonyl (C=O) groups is 1. The van der Waals surface area contributed by atoms with Crippen molar-refractivity contribution in [3.8, 4) is 11.5 Å². The van der Waals surface area contributed by atoms with Crippen LogP contribution in [0.4, 0.5) is 0 Å². The Morgan fingerprint density at radius 1 is 0.935 bits per heavy atom. The molecule has 1 saturated heterocycles. The van der Waals surface area contributed by atoms with Crippen molar-refractivity contribution < 1.29 is 14.3 Å². The number of aryl methyl sites for hydroxylation is 2. The van der Waals surface area contributed by atoms with E-state index in [4.69, 9.17) is 9.47 Å². The fraction of sp³-hybridized carbons (Fsp3) is 0.480. The van der Waals surface area contributed by atoms with Gasteiger partial charge in [-0.15, -0.1) is 0 Å². The second-order valence-corrected chi connectivity index (χ2v) is 8.42. The number of carbonyl (C=O) groups excluding carboxylic acids is 1. The molecule has 1 fully saturated rings. The average Bonchev–Trinajstić information content (AvgIpc) is 2.76. The Labute approximate surface area is 186 Å². The molecule has 168 valence electrons. The fourth-order valence-electron chi connectivity index (χ4n) is 4.02. The van der Waals surface area contributed by atoms with Gasteiger partial charge in [-0.3, -0.25) is 14.6 Å². The molecule has 6 heteroatoms. The molecule has 1 aliphatic heterocycles. The van der Waals surface area contributed by atoms with Crippen LogP contribution < -0.4 is 9.47 Å². The number of hydrogen-bond donors (Lipinski definition) is 0. The van der Waals surface area contributed by atoms with Gasteiger partial charge in [-0.1, -0.05) is 29.8 Å². The second kappa shape index (κ2) is 10.6. The van der Waals surface area contributed by atoms with Crippen LogP contribution in [0.5, 0.6) is 11.5 Å². The lowest BCUT2D eigenvalue weighted by Crippen LogP contribution is -2.49. The third kappa shape index (κ3) is 6.21. The number of nitrogens with zero attached hydrogens (tertiary/aromatic N) is 3. The van der Waals surface area contributed by atoms with Crippen molar-refractivity contribution in [2.75, 3.05) is 54.0 Å². The molecular formula is C25H35N3O3. The summed E-state index contributed by atoms with van der Waals surface area (Å²) in [6.07, 6.45) is 0. The number of rotatable bonds is 8. The lowest BCUT2D eigenvalue weighted by atomic mass is 10.1. The largest absolute Gasteiger partial charge is 0.493 e. The Balaban J connectivity index is 1.46. The van der Waals surface area contributed by atoms with E-state index in [2.05, 4.69) is 47.9 Å². The van der Waals surface area contributed by atoms with Gasteiger partial charge >= 0.3 is 0 Å².